The van der Waals surface area contributed by atoms with E-state index in [4.69, 9.17) is 4.74 Å². The normalized spacial score (nSPS) is 16.1. The van der Waals surface area contributed by atoms with Crippen LogP contribution in [0.4, 0.5) is 5.69 Å². The molecule has 1 aromatic carbocycles. The first-order valence-electron chi connectivity index (χ1n) is 6.97. The van der Waals surface area contributed by atoms with E-state index in [-0.39, 0.29) is 5.91 Å². The lowest BCUT2D eigenvalue weighted by Crippen LogP contribution is -3.13. The van der Waals surface area contributed by atoms with Crippen LogP contribution >= 0.6 is 0 Å². The molecule has 0 atom stereocenters. The highest BCUT2D eigenvalue weighted by Gasteiger charge is 2.18. The topological polar surface area (TPSA) is 42.8 Å². The zero-order valence-corrected chi connectivity index (χ0v) is 11.8. The zero-order valence-electron chi connectivity index (χ0n) is 11.8. The molecular formula is C15H23N2O2+. The van der Waals surface area contributed by atoms with E-state index in [9.17, 15) is 4.79 Å². The van der Waals surface area contributed by atoms with E-state index in [1.165, 1.54) is 24.2 Å². The zero-order chi connectivity index (χ0) is 13.7. The van der Waals surface area contributed by atoms with Crippen LogP contribution in [0.3, 0.4) is 0 Å². The molecule has 0 aromatic heterocycles. The third kappa shape index (κ3) is 3.96. The number of quaternary nitrogens is 1. The van der Waals surface area contributed by atoms with Crippen molar-refractivity contribution in [2.75, 3.05) is 32.1 Å². The third-order valence-corrected chi connectivity index (χ3v) is 3.60. The predicted octanol–water partition coefficient (Wildman–Crippen LogP) is 1.01. The number of rotatable bonds is 4. The number of aryl methyl sites for hydroxylation is 1. The molecule has 4 nitrogen and oxygen atoms in total. The lowest BCUT2D eigenvalue weighted by atomic mass is 10.1. The van der Waals surface area contributed by atoms with Crippen molar-refractivity contribution >= 4 is 11.6 Å². The van der Waals surface area contributed by atoms with Crippen LogP contribution in [0.5, 0.6) is 5.75 Å². The standard InChI is InChI=1S/C15H22N2O2/c1-12-6-7-14(19-2)13(10-12)16-15(18)11-17-8-4-3-5-9-17/h6-7,10H,3-5,8-9,11H2,1-2H3,(H,16,18)/p+1. The maximum atomic E-state index is 12.1. The fourth-order valence-electron chi connectivity index (χ4n) is 2.57. The third-order valence-electron chi connectivity index (χ3n) is 3.60. The van der Waals surface area contributed by atoms with Crippen LogP contribution in [0.1, 0.15) is 24.8 Å². The number of ether oxygens (including phenoxy) is 1. The van der Waals surface area contributed by atoms with Crippen LogP contribution in [0.15, 0.2) is 18.2 Å². The van der Waals surface area contributed by atoms with Gasteiger partial charge in [-0.05, 0) is 43.9 Å². The Hall–Kier alpha value is -1.55. The van der Waals surface area contributed by atoms with Crippen LogP contribution in [0.2, 0.25) is 0 Å². The number of carbonyl (C=O) groups is 1. The Bertz CT molecular complexity index is 440. The second kappa shape index (κ2) is 6.57. The summed E-state index contributed by atoms with van der Waals surface area (Å²) in [7, 11) is 1.62. The van der Waals surface area contributed by atoms with E-state index < -0.39 is 0 Å². The average molecular weight is 263 g/mol. The first kappa shape index (κ1) is 13.9. The van der Waals surface area contributed by atoms with Gasteiger partial charge in [0.1, 0.15) is 5.75 Å². The number of likely N-dealkylation sites (tertiary alicyclic amines) is 1. The lowest BCUT2D eigenvalue weighted by molar-refractivity contribution is -0.896. The van der Waals surface area contributed by atoms with Crippen molar-refractivity contribution in [3.63, 3.8) is 0 Å². The van der Waals surface area contributed by atoms with Crippen molar-refractivity contribution in [3.8, 4) is 5.75 Å². The molecule has 0 spiro atoms. The van der Waals surface area contributed by atoms with Gasteiger partial charge in [-0.3, -0.25) is 4.79 Å². The molecule has 4 heteroatoms. The van der Waals surface area contributed by atoms with Gasteiger partial charge in [0.25, 0.3) is 5.91 Å². The van der Waals surface area contributed by atoms with Crippen molar-refractivity contribution in [1.29, 1.82) is 0 Å². The van der Waals surface area contributed by atoms with Gasteiger partial charge in [0.2, 0.25) is 0 Å². The number of piperidine rings is 1. The molecule has 0 aliphatic carbocycles. The van der Waals surface area contributed by atoms with E-state index >= 15 is 0 Å². The highest BCUT2D eigenvalue weighted by Crippen LogP contribution is 2.24. The first-order valence-corrected chi connectivity index (χ1v) is 6.97. The summed E-state index contributed by atoms with van der Waals surface area (Å²) in [6.45, 7) is 4.78. The Morgan fingerprint density at radius 3 is 2.74 bits per heavy atom. The van der Waals surface area contributed by atoms with Crippen molar-refractivity contribution in [2.45, 2.75) is 26.2 Å². The largest absolute Gasteiger partial charge is 0.495 e. The number of hydrogen-bond acceptors (Lipinski definition) is 2. The second-order valence-electron chi connectivity index (χ2n) is 5.24. The van der Waals surface area contributed by atoms with E-state index in [1.807, 2.05) is 25.1 Å². The SMILES string of the molecule is COc1ccc(C)cc1NC(=O)C[NH+]1CCCCC1. The molecule has 0 bridgehead atoms. The maximum absolute atomic E-state index is 12.1. The molecule has 1 heterocycles. The molecule has 104 valence electrons. The monoisotopic (exact) mass is 263 g/mol. The van der Waals surface area contributed by atoms with Crippen LogP contribution in [0.25, 0.3) is 0 Å². The molecule has 1 aliphatic heterocycles. The Morgan fingerprint density at radius 1 is 1.32 bits per heavy atom. The molecule has 1 amide bonds. The first-order chi connectivity index (χ1) is 9.19. The minimum Gasteiger partial charge on any atom is -0.495 e. The van der Waals surface area contributed by atoms with Gasteiger partial charge in [0.05, 0.1) is 25.9 Å². The molecule has 19 heavy (non-hydrogen) atoms. The summed E-state index contributed by atoms with van der Waals surface area (Å²) in [4.78, 5) is 13.5. The van der Waals surface area contributed by atoms with Crippen LogP contribution in [-0.4, -0.2) is 32.7 Å². The summed E-state index contributed by atoms with van der Waals surface area (Å²) in [5.74, 6) is 0.786. The Kier molecular flexibility index (Phi) is 4.80. The number of benzene rings is 1. The van der Waals surface area contributed by atoms with Gasteiger partial charge in [-0.25, -0.2) is 0 Å². The van der Waals surface area contributed by atoms with Gasteiger partial charge < -0.3 is 15.0 Å². The Labute approximate surface area is 114 Å². The fourth-order valence-corrected chi connectivity index (χ4v) is 2.57. The van der Waals surface area contributed by atoms with Gasteiger partial charge in [-0.15, -0.1) is 0 Å². The van der Waals surface area contributed by atoms with Crippen molar-refractivity contribution in [1.82, 2.24) is 0 Å². The quantitative estimate of drug-likeness (QED) is 0.851. The molecule has 1 saturated heterocycles. The van der Waals surface area contributed by atoms with Crippen LogP contribution in [0, 0.1) is 6.92 Å². The lowest BCUT2D eigenvalue weighted by Gasteiger charge is -2.23. The average Bonchev–Trinajstić information content (AvgIpc) is 2.40. The predicted molar refractivity (Wildman–Crippen MR) is 75.8 cm³/mol. The summed E-state index contributed by atoms with van der Waals surface area (Å²) in [5.41, 5.74) is 1.88. The highest BCUT2D eigenvalue weighted by molar-refractivity contribution is 5.93. The molecule has 1 fully saturated rings. The number of anilines is 1. The summed E-state index contributed by atoms with van der Waals surface area (Å²) in [6.07, 6.45) is 3.77. The summed E-state index contributed by atoms with van der Waals surface area (Å²) in [6, 6.07) is 5.81. The molecule has 1 aliphatic rings. The summed E-state index contributed by atoms with van der Waals surface area (Å²) < 4.78 is 5.27. The number of carbonyl (C=O) groups excluding carboxylic acids is 1. The van der Waals surface area contributed by atoms with E-state index in [0.717, 1.165) is 24.3 Å². The molecule has 2 rings (SSSR count). The number of nitrogens with one attached hydrogen (secondary N) is 2. The van der Waals surface area contributed by atoms with E-state index in [0.29, 0.717) is 12.3 Å². The summed E-state index contributed by atoms with van der Waals surface area (Å²) in [5, 5.41) is 2.96. The minimum absolute atomic E-state index is 0.0702. The van der Waals surface area contributed by atoms with E-state index in [1.54, 1.807) is 7.11 Å². The van der Waals surface area contributed by atoms with Crippen LogP contribution in [-0.2, 0) is 4.79 Å². The van der Waals surface area contributed by atoms with Crippen molar-refractivity contribution in [2.24, 2.45) is 0 Å². The van der Waals surface area contributed by atoms with Gasteiger partial charge >= 0.3 is 0 Å². The Balaban J connectivity index is 1.95. The molecular weight excluding hydrogens is 240 g/mol. The van der Waals surface area contributed by atoms with Crippen molar-refractivity contribution < 1.29 is 14.4 Å². The van der Waals surface area contributed by atoms with Gasteiger partial charge in [0, 0.05) is 0 Å². The van der Waals surface area contributed by atoms with Gasteiger partial charge in [0.15, 0.2) is 6.54 Å². The number of hydrogen-bond donors (Lipinski definition) is 2. The highest BCUT2D eigenvalue weighted by atomic mass is 16.5. The molecule has 1 aromatic rings. The number of amides is 1. The van der Waals surface area contributed by atoms with Crippen LogP contribution < -0.4 is 15.0 Å². The van der Waals surface area contributed by atoms with Crippen molar-refractivity contribution in [3.05, 3.63) is 23.8 Å². The molecule has 2 N–H and O–H groups in total. The Morgan fingerprint density at radius 2 is 2.05 bits per heavy atom. The smallest absolute Gasteiger partial charge is 0.279 e. The summed E-state index contributed by atoms with van der Waals surface area (Å²) >= 11 is 0. The maximum Gasteiger partial charge on any atom is 0.279 e. The molecule has 0 saturated carbocycles. The fraction of sp³-hybridized carbons (Fsp3) is 0.533. The minimum atomic E-state index is 0.0702. The van der Waals surface area contributed by atoms with Gasteiger partial charge in [-0.2, -0.15) is 0 Å². The van der Waals surface area contributed by atoms with Gasteiger partial charge in [-0.1, -0.05) is 6.07 Å². The molecule has 0 unspecified atom stereocenters. The van der Waals surface area contributed by atoms with E-state index in [2.05, 4.69) is 5.32 Å². The second-order valence-corrected chi connectivity index (χ2v) is 5.24. The molecule has 0 radical (unpaired) electrons. The number of methoxy groups -OCH3 is 1.